The van der Waals surface area contributed by atoms with Gasteiger partial charge in [0, 0.05) is 19.8 Å². The molecule has 1 aromatic carbocycles. The third-order valence-electron chi connectivity index (χ3n) is 2.63. The van der Waals surface area contributed by atoms with E-state index in [4.69, 9.17) is 5.26 Å². The zero-order valence-electron chi connectivity index (χ0n) is 10.5. The van der Waals surface area contributed by atoms with Gasteiger partial charge >= 0.3 is 0 Å². The van der Waals surface area contributed by atoms with Crippen LogP contribution in [0.25, 0.3) is 0 Å². The molecule has 0 aliphatic rings. The second kappa shape index (κ2) is 5.28. The molecule has 0 atom stereocenters. The molecular formula is C14H14N4. The van der Waals surface area contributed by atoms with Crippen LogP contribution in [0.2, 0.25) is 0 Å². The Morgan fingerprint density at radius 3 is 2.89 bits per heavy atom. The zero-order valence-corrected chi connectivity index (χ0v) is 10.5. The van der Waals surface area contributed by atoms with E-state index in [1.165, 1.54) is 0 Å². The molecule has 0 N–H and O–H groups in total. The first-order valence-electron chi connectivity index (χ1n) is 5.69. The molecule has 2 rings (SSSR count). The molecule has 4 heteroatoms. The topological polar surface area (TPSA) is 52.8 Å². The van der Waals surface area contributed by atoms with Crippen molar-refractivity contribution in [1.29, 1.82) is 5.26 Å². The molecule has 1 aromatic heterocycles. The van der Waals surface area contributed by atoms with E-state index < -0.39 is 0 Å². The number of benzene rings is 1. The average Bonchev–Trinajstić information content (AvgIpc) is 2.39. The fraction of sp³-hybridized carbons (Fsp3) is 0.214. The van der Waals surface area contributed by atoms with Crippen LogP contribution in [0.4, 0.5) is 5.82 Å². The first-order valence-corrected chi connectivity index (χ1v) is 5.69. The lowest BCUT2D eigenvalue weighted by molar-refractivity contribution is 0.879. The van der Waals surface area contributed by atoms with Crippen LogP contribution in [0.3, 0.4) is 0 Å². The Kier molecular flexibility index (Phi) is 3.54. The maximum absolute atomic E-state index is 8.87. The second-order valence-corrected chi connectivity index (χ2v) is 4.13. The van der Waals surface area contributed by atoms with Gasteiger partial charge in [-0.25, -0.2) is 9.97 Å². The Morgan fingerprint density at radius 2 is 2.17 bits per heavy atom. The lowest BCUT2D eigenvalue weighted by Gasteiger charge is -2.18. The van der Waals surface area contributed by atoms with E-state index in [0.717, 1.165) is 17.2 Å². The highest BCUT2D eigenvalue weighted by Crippen LogP contribution is 2.13. The summed E-state index contributed by atoms with van der Waals surface area (Å²) in [6.07, 6.45) is 1.75. The standard InChI is InChI=1S/C14H14N4/c1-11-16-7-6-14(17-11)18(2)10-13-5-3-4-12(8-13)9-15/h3-8H,10H2,1-2H3. The lowest BCUT2D eigenvalue weighted by Crippen LogP contribution is -2.18. The number of hydrogen-bond donors (Lipinski definition) is 0. The third kappa shape index (κ3) is 2.83. The van der Waals surface area contributed by atoms with Crippen LogP contribution in [0.15, 0.2) is 36.5 Å². The van der Waals surface area contributed by atoms with Crippen molar-refractivity contribution in [3.63, 3.8) is 0 Å². The molecule has 90 valence electrons. The summed E-state index contributed by atoms with van der Waals surface area (Å²) >= 11 is 0. The number of aryl methyl sites for hydroxylation is 1. The van der Waals surface area contributed by atoms with Crippen molar-refractivity contribution in [2.24, 2.45) is 0 Å². The Balaban J connectivity index is 2.16. The fourth-order valence-electron chi connectivity index (χ4n) is 1.75. The summed E-state index contributed by atoms with van der Waals surface area (Å²) in [5, 5.41) is 8.87. The fourth-order valence-corrected chi connectivity index (χ4v) is 1.75. The van der Waals surface area contributed by atoms with Crippen LogP contribution >= 0.6 is 0 Å². The van der Waals surface area contributed by atoms with Crippen LogP contribution in [0.5, 0.6) is 0 Å². The quantitative estimate of drug-likeness (QED) is 0.823. The monoisotopic (exact) mass is 238 g/mol. The van der Waals surface area contributed by atoms with Crippen LogP contribution in [-0.4, -0.2) is 17.0 Å². The normalized spacial score (nSPS) is 9.83. The Bertz CT molecular complexity index is 586. The van der Waals surface area contributed by atoms with Crippen LogP contribution in [-0.2, 0) is 6.54 Å². The molecule has 0 unspecified atom stereocenters. The van der Waals surface area contributed by atoms with Crippen LogP contribution in [0, 0.1) is 18.3 Å². The highest BCUT2D eigenvalue weighted by atomic mass is 15.2. The molecule has 0 saturated carbocycles. The SMILES string of the molecule is Cc1nccc(N(C)Cc2cccc(C#N)c2)n1. The molecule has 0 fully saturated rings. The van der Waals surface area contributed by atoms with Crippen molar-refractivity contribution in [1.82, 2.24) is 9.97 Å². The van der Waals surface area contributed by atoms with E-state index in [1.807, 2.05) is 43.1 Å². The molecule has 0 aliphatic carbocycles. The molecule has 0 amide bonds. The molecule has 18 heavy (non-hydrogen) atoms. The molecule has 2 aromatic rings. The maximum atomic E-state index is 8.87. The summed E-state index contributed by atoms with van der Waals surface area (Å²) in [5.74, 6) is 1.63. The van der Waals surface area contributed by atoms with Crippen LogP contribution in [0.1, 0.15) is 17.0 Å². The predicted molar refractivity (Wildman–Crippen MR) is 70.0 cm³/mol. The summed E-state index contributed by atoms with van der Waals surface area (Å²) in [6, 6.07) is 11.6. The predicted octanol–water partition coefficient (Wildman–Crippen LogP) is 2.29. The second-order valence-electron chi connectivity index (χ2n) is 4.13. The van der Waals surface area contributed by atoms with Gasteiger partial charge in [-0.2, -0.15) is 5.26 Å². The highest BCUT2D eigenvalue weighted by Gasteiger charge is 2.04. The summed E-state index contributed by atoms with van der Waals surface area (Å²) in [7, 11) is 1.97. The number of hydrogen-bond acceptors (Lipinski definition) is 4. The Morgan fingerprint density at radius 1 is 1.33 bits per heavy atom. The van der Waals surface area contributed by atoms with E-state index in [0.29, 0.717) is 12.1 Å². The third-order valence-corrected chi connectivity index (χ3v) is 2.63. The number of nitriles is 1. The minimum absolute atomic E-state index is 0.680. The van der Waals surface area contributed by atoms with E-state index in [9.17, 15) is 0 Å². The molecule has 0 spiro atoms. The average molecular weight is 238 g/mol. The van der Waals surface area contributed by atoms with E-state index in [1.54, 1.807) is 12.3 Å². The molecule has 0 aliphatic heterocycles. The van der Waals surface area contributed by atoms with Crippen molar-refractivity contribution in [2.45, 2.75) is 13.5 Å². The summed E-state index contributed by atoms with van der Waals surface area (Å²) in [6.45, 7) is 2.58. The van der Waals surface area contributed by atoms with Gasteiger partial charge in [-0.15, -0.1) is 0 Å². The van der Waals surface area contributed by atoms with E-state index in [-0.39, 0.29) is 0 Å². The van der Waals surface area contributed by atoms with Crippen molar-refractivity contribution in [3.05, 3.63) is 53.5 Å². The van der Waals surface area contributed by atoms with Crippen LogP contribution < -0.4 is 4.90 Å². The lowest BCUT2D eigenvalue weighted by atomic mass is 10.1. The minimum atomic E-state index is 0.680. The largest absolute Gasteiger partial charge is 0.355 e. The van der Waals surface area contributed by atoms with Crippen molar-refractivity contribution >= 4 is 5.82 Å². The summed E-state index contributed by atoms with van der Waals surface area (Å²) in [5.41, 5.74) is 1.77. The number of rotatable bonds is 3. The van der Waals surface area contributed by atoms with Gasteiger partial charge < -0.3 is 4.90 Å². The smallest absolute Gasteiger partial charge is 0.132 e. The summed E-state index contributed by atoms with van der Waals surface area (Å²) in [4.78, 5) is 10.5. The van der Waals surface area contributed by atoms with Gasteiger partial charge in [-0.1, -0.05) is 12.1 Å². The van der Waals surface area contributed by atoms with Gasteiger partial charge in [0.15, 0.2) is 0 Å². The molecule has 0 saturated heterocycles. The van der Waals surface area contributed by atoms with Gasteiger partial charge in [0.1, 0.15) is 11.6 Å². The van der Waals surface area contributed by atoms with E-state index in [2.05, 4.69) is 16.0 Å². The minimum Gasteiger partial charge on any atom is -0.355 e. The zero-order chi connectivity index (χ0) is 13.0. The van der Waals surface area contributed by atoms with Crippen molar-refractivity contribution < 1.29 is 0 Å². The molecular weight excluding hydrogens is 224 g/mol. The van der Waals surface area contributed by atoms with Crippen molar-refractivity contribution in [3.8, 4) is 6.07 Å². The summed E-state index contributed by atoms with van der Waals surface area (Å²) < 4.78 is 0. The number of nitrogens with zero attached hydrogens (tertiary/aromatic N) is 4. The molecule has 0 bridgehead atoms. The first-order chi connectivity index (χ1) is 8.69. The number of aromatic nitrogens is 2. The highest BCUT2D eigenvalue weighted by molar-refractivity contribution is 5.39. The molecule has 1 heterocycles. The molecule has 0 radical (unpaired) electrons. The van der Waals surface area contributed by atoms with Gasteiger partial charge in [0.05, 0.1) is 11.6 Å². The van der Waals surface area contributed by atoms with Gasteiger partial charge in [-0.05, 0) is 30.7 Å². The van der Waals surface area contributed by atoms with Crippen molar-refractivity contribution in [2.75, 3.05) is 11.9 Å². The Hall–Kier alpha value is -2.41. The van der Waals surface area contributed by atoms with Gasteiger partial charge in [0.25, 0.3) is 0 Å². The Labute approximate surface area is 107 Å². The van der Waals surface area contributed by atoms with Gasteiger partial charge in [0.2, 0.25) is 0 Å². The van der Waals surface area contributed by atoms with E-state index >= 15 is 0 Å². The number of anilines is 1. The molecule has 4 nitrogen and oxygen atoms in total. The first kappa shape index (κ1) is 12.1. The maximum Gasteiger partial charge on any atom is 0.132 e. The van der Waals surface area contributed by atoms with Gasteiger partial charge in [-0.3, -0.25) is 0 Å².